The number of rotatable bonds is 8. The molecule has 6 nitrogen and oxygen atoms in total. The van der Waals surface area contributed by atoms with Gasteiger partial charge in [-0.3, -0.25) is 4.79 Å². The normalized spacial score (nSPS) is 16.9. The van der Waals surface area contributed by atoms with E-state index in [1.807, 2.05) is 6.92 Å². The molecule has 0 bridgehead atoms. The summed E-state index contributed by atoms with van der Waals surface area (Å²) in [5.74, 6) is 0.0935. The van der Waals surface area contributed by atoms with Gasteiger partial charge in [0.2, 0.25) is 11.0 Å². The zero-order chi connectivity index (χ0) is 15.1. The lowest BCUT2D eigenvalue weighted by Crippen LogP contribution is -2.37. The zero-order valence-electron chi connectivity index (χ0n) is 12.4. The first-order valence-electron chi connectivity index (χ1n) is 7.22. The minimum atomic E-state index is -0.148. The van der Waals surface area contributed by atoms with Crippen molar-refractivity contribution in [2.75, 3.05) is 25.6 Å². The van der Waals surface area contributed by atoms with Crippen LogP contribution in [0.1, 0.15) is 32.6 Å². The van der Waals surface area contributed by atoms with E-state index in [0.717, 1.165) is 22.3 Å². The molecule has 8 heteroatoms. The molecule has 2 rings (SSSR count). The lowest BCUT2D eigenvalue weighted by atomic mass is 10.2. The largest absolute Gasteiger partial charge is 0.383 e. The molecule has 1 aliphatic carbocycles. The molecule has 0 aromatic carbocycles. The number of hydrogen-bond donors (Lipinski definition) is 2. The Hall–Kier alpha value is -0.860. The van der Waals surface area contributed by atoms with Gasteiger partial charge >= 0.3 is 0 Å². The minimum absolute atomic E-state index is 0.0935. The molecule has 0 aliphatic heterocycles. The van der Waals surface area contributed by atoms with Crippen LogP contribution in [0, 0.1) is 0 Å². The summed E-state index contributed by atoms with van der Waals surface area (Å²) in [6.45, 7) is 3.24. The average Bonchev–Trinajstić information content (AvgIpc) is 3.11. The van der Waals surface area contributed by atoms with Crippen LogP contribution in [0.4, 0.5) is 5.13 Å². The molecule has 118 valence electrons. The first-order valence-corrected chi connectivity index (χ1v) is 8.92. The van der Waals surface area contributed by atoms with Gasteiger partial charge in [-0.1, -0.05) is 35.9 Å². The fraction of sp³-hybridized carbons (Fsp3) is 0.769. The third-order valence-corrected chi connectivity index (χ3v) is 5.40. The number of nitrogens with one attached hydrogen (secondary N) is 2. The molecule has 1 aliphatic rings. The number of aromatic nitrogens is 2. The van der Waals surface area contributed by atoms with Crippen molar-refractivity contribution in [3.05, 3.63) is 0 Å². The van der Waals surface area contributed by atoms with Crippen molar-refractivity contribution in [2.45, 2.75) is 48.2 Å². The summed E-state index contributed by atoms with van der Waals surface area (Å²) < 4.78 is 5.77. The molecule has 1 saturated carbocycles. The van der Waals surface area contributed by atoms with Crippen LogP contribution in [0.3, 0.4) is 0 Å². The lowest BCUT2D eigenvalue weighted by molar-refractivity contribution is -0.120. The highest BCUT2D eigenvalue weighted by Crippen LogP contribution is 2.29. The molecule has 1 fully saturated rings. The van der Waals surface area contributed by atoms with Crippen LogP contribution in [0.15, 0.2) is 4.34 Å². The van der Waals surface area contributed by atoms with Gasteiger partial charge in [-0.05, 0) is 19.8 Å². The van der Waals surface area contributed by atoms with E-state index >= 15 is 0 Å². The number of carbonyl (C=O) groups is 1. The number of hydrogen-bond acceptors (Lipinski definition) is 7. The second-order valence-corrected chi connectivity index (χ2v) is 7.61. The maximum absolute atomic E-state index is 12.1. The van der Waals surface area contributed by atoms with E-state index < -0.39 is 0 Å². The molecule has 1 unspecified atom stereocenters. The van der Waals surface area contributed by atoms with Crippen molar-refractivity contribution in [1.29, 1.82) is 0 Å². The molecule has 0 radical (unpaired) electrons. The maximum Gasteiger partial charge on any atom is 0.233 e. The van der Waals surface area contributed by atoms with E-state index in [0.29, 0.717) is 19.2 Å². The Morgan fingerprint density at radius 2 is 2.24 bits per heavy atom. The molecule has 0 spiro atoms. The van der Waals surface area contributed by atoms with Crippen LogP contribution in [-0.4, -0.2) is 47.7 Å². The SMILES string of the molecule is COCCNc1nnc(SC(C)C(=O)NC2CCCC2)s1. The number of carbonyl (C=O) groups excluding carboxylic acids is 1. The molecule has 1 aromatic heterocycles. The Bertz CT molecular complexity index is 449. The van der Waals surface area contributed by atoms with E-state index in [9.17, 15) is 4.79 Å². The zero-order valence-corrected chi connectivity index (χ0v) is 14.1. The van der Waals surface area contributed by atoms with Gasteiger partial charge in [-0.25, -0.2) is 0 Å². The number of amides is 1. The lowest BCUT2D eigenvalue weighted by Gasteiger charge is -2.15. The van der Waals surface area contributed by atoms with Gasteiger partial charge in [0.25, 0.3) is 0 Å². The number of ether oxygens (including phenoxy) is 1. The highest BCUT2D eigenvalue weighted by atomic mass is 32.2. The van der Waals surface area contributed by atoms with Gasteiger partial charge in [0.05, 0.1) is 11.9 Å². The maximum atomic E-state index is 12.1. The quantitative estimate of drug-likeness (QED) is 0.562. The Labute approximate surface area is 133 Å². The van der Waals surface area contributed by atoms with Crippen molar-refractivity contribution in [3.63, 3.8) is 0 Å². The number of methoxy groups -OCH3 is 1. The van der Waals surface area contributed by atoms with Crippen LogP contribution in [0.2, 0.25) is 0 Å². The second-order valence-electron chi connectivity index (χ2n) is 5.04. The minimum Gasteiger partial charge on any atom is -0.383 e. The Morgan fingerprint density at radius 1 is 1.48 bits per heavy atom. The van der Waals surface area contributed by atoms with Crippen molar-refractivity contribution in [2.24, 2.45) is 0 Å². The van der Waals surface area contributed by atoms with E-state index in [2.05, 4.69) is 20.8 Å². The van der Waals surface area contributed by atoms with Gasteiger partial charge in [-0.15, -0.1) is 10.2 Å². The Kier molecular flexibility index (Phi) is 6.72. The average molecular weight is 330 g/mol. The van der Waals surface area contributed by atoms with E-state index in [-0.39, 0.29) is 11.2 Å². The molecule has 1 aromatic rings. The summed E-state index contributed by atoms with van der Waals surface area (Å²) in [6, 6.07) is 0.362. The highest BCUT2D eigenvalue weighted by Gasteiger charge is 2.22. The van der Waals surface area contributed by atoms with Crippen molar-refractivity contribution < 1.29 is 9.53 Å². The molecule has 1 amide bonds. The summed E-state index contributed by atoms with van der Waals surface area (Å²) in [4.78, 5) is 12.1. The molecule has 0 saturated heterocycles. The van der Waals surface area contributed by atoms with E-state index in [1.54, 1.807) is 7.11 Å². The summed E-state index contributed by atoms with van der Waals surface area (Å²) in [5.41, 5.74) is 0. The van der Waals surface area contributed by atoms with Gasteiger partial charge in [-0.2, -0.15) is 0 Å². The Balaban J connectivity index is 1.76. The smallest absolute Gasteiger partial charge is 0.233 e. The number of anilines is 1. The van der Waals surface area contributed by atoms with Crippen molar-refractivity contribution in [1.82, 2.24) is 15.5 Å². The molecule has 1 heterocycles. The van der Waals surface area contributed by atoms with Gasteiger partial charge in [0.15, 0.2) is 4.34 Å². The van der Waals surface area contributed by atoms with Crippen molar-refractivity contribution in [3.8, 4) is 0 Å². The summed E-state index contributed by atoms with van der Waals surface area (Å²) in [6.07, 6.45) is 4.66. The highest BCUT2D eigenvalue weighted by molar-refractivity contribution is 8.02. The van der Waals surface area contributed by atoms with Crippen molar-refractivity contribution >= 4 is 34.1 Å². The number of thioether (sulfide) groups is 1. The molecule has 1 atom stereocenters. The monoisotopic (exact) mass is 330 g/mol. The fourth-order valence-electron chi connectivity index (χ4n) is 2.18. The van der Waals surface area contributed by atoms with E-state index in [4.69, 9.17) is 4.74 Å². The second kappa shape index (κ2) is 8.55. The molecule has 21 heavy (non-hydrogen) atoms. The van der Waals surface area contributed by atoms with Crippen LogP contribution < -0.4 is 10.6 Å². The fourth-order valence-corrected chi connectivity index (χ4v) is 4.11. The van der Waals surface area contributed by atoms with Crippen LogP contribution in [0.25, 0.3) is 0 Å². The molecule has 2 N–H and O–H groups in total. The third kappa shape index (κ3) is 5.44. The number of nitrogens with zero attached hydrogens (tertiary/aromatic N) is 2. The molecular formula is C13H22N4O2S2. The summed E-state index contributed by atoms with van der Waals surface area (Å²) in [7, 11) is 1.66. The van der Waals surface area contributed by atoms with Gasteiger partial charge in [0.1, 0.15) is 0 Å². The topological polar surface area (TPSA) is 76.1 Å². The summed E-state index contributed by atoms with van der Waals surface area (Å²) >= 11 is 2.92. The predicted octanol–water partition coefficient (Wildman–Crippen LogP) is 2.14. The van der Waals surface area contributed by atoms with Crippen LogP contribution in [0.5, 0.6) is 0 Å². The standard InChI is InChI=1S/C13H22N4O2S2/c1-9(11(18)15-10-5-3-4-6-10)20-13-17-16-12(21-13)14-7-8-19-2/h9-10H,3-8H2,1-2H3,(H,14,16)(H,15,18). The van der Waals surface area contributed by atoms with Crippen LogP contribution in [-0.2, 0) is 9.53 Å². The van der Waals surface area contributed by atoms with E-state index in [1.165, 1.54) is 35.9 Å². The Morgan fingerprint density at radius 3 is 2.95 bits per heavy atom. The van der Waals surface area contributed by atoms with Gasteiger partial charge in [0, 0.05) is 19.7 Å². The first kappa shape index (κ1) is 16.5. The summed E-state index contributed by atoms with van der Waals surface area (Å²) in [5, 5.41) is 15.0. The van der Waals surface area contributed by atoms with Crippen LogP contribution >= 0.6 is 23.1 Å². The third-order valence-electron chi connectivity index (χ3n) is 3.34. The first-order chi connectivity index (χ1) is 10.2. The predicted molar refractivity (Wildman–Crippen MR) is 86.0 cm³/mol. The van der Waals surface area contributed by atoms with Gasteiger partial charge < -0.3 is 15.4 Å². The molecular weight excluding hydrogens is 308 g/mol.